The minimum atomic E-state index is -0.804. The third-order valence-corrected chi connectivity index (χ3v) is 12.1. The molecule has 0 aliphatic rings. The molecule has 0 amide bonds. The van der Waals surface area contributed by atoms with Gasteiger partial charge in [-0.3, -0.25) is 14.4 Å². The molecule has 6 nitrogen and oxygen atoms in total. The van der Waals surface area contributed by atoms with Crippen LogP contribution >= 0.6 is 0 Å². The third kappa shape index (κ3) is 50.4. The van der Waals surface area contributed by atoms with Gasteiger partial charge in [0.05, 0.1) is 0 Å². The van der Waals surface area contributed by atoms with Crippen molar-refractivity contribution in [2.45, 2.75) is 290 Å². The van der Waals surface area contributed by atoms with E-state index in [4.69, 9.17) is 14.2 Å². The van der Waals surface area contributed by atoms with Gasteiger partial charge in [0.2, 0.25) is 0 Å². The van der Waals surface area contributed by atoms with Gasteiger partial charge in [0, 0.05) is 19.3 Å². The zero-order valence-electron chi connectivity index (χ0n) is 42.6. The minimum absolute atomic E-state index is 0.0989. The predicted octanol–water partition coefficient (Wildman–Crippen LogP) is 18.3. The quantitative estimate of drug-likeness (QED) is 0.0262. The lowest BCUT2D eigenvalue weighted by atomic mass is 10.0. The molecular weight excluding hydrogens is 793 g/mol. The summed E-state index contributed by atoms with van der Waals surface area (Å²) in [5.41, 5.74) is 0. The van der Waals surface area contributed by atoms with Crippen LogP contribution in [0.15, 0.2) is 48.6 Å². The highest BCUT2D eigenvalue weighted by atomic mass is 16.6. The maximum Gasteiger partial charge on any atom is 0.306 e. The maximum atomic E-state index is 12.7. The number of esters is 3. The standard InChI is InChI=1S/C58H104O6/c1-4-7-10-13-16-18-20-22-23-24-25-26-27-28-29-30-31-32-33-34-35-37-38-40-42-45-48-51-57(60)63-54-55(53-62-56(59)50-47-44-15-12-9-6-3)64-58(61)52-49-46-43-41-39-36-21-19-17-14-11-8-5-2/h8,11,17,19,36,39,43,46,55H,4-7,9-10,12-16,18,20-35,37-38,40-42,44-45,47-54H2,1-3H3/b11-8-,19-17-,39-36-,46-43-. The Kier molecular flexibility index (Phi) is 50.8. The van der Waals surface area contributed by atoms with E-state index in [9.17, 15) is 14.4 Å². The molecular formula is C58H104O6. The molecule has 0 saturated carbocycles. The van der Waals surface area contributed by atoms with E-state index in [0.29, 0.717) is 19.3 Å². The lowest BCUT2D eigenvalue weighted by molar-refractivity contribution is -0.166. The van der Waals surface area contributed by atoms with Gasteiger partial charge in [0.15, 0.2) is 6.10 Å². The fourth-order valence-electron chi connectivity index (χ4n) is 7.99. The molecule has 0 aliphatic carbocycles. The first kappa shape index (κ1) is 61.4. The molecule has 0 N–H and O–H groups in total. The van der Waals surface area contributed by atoms with Crippen LogP contribution in [0.25, 0.3) is 0 Å². The molecule has 0 spiro atoms. The Balaban J connectivity index is 4.04. The van der Waals surface area contributed by atoms with E-state index in [1.54, 1.807) is 0 Å². The molecule has 0 aliphatic heterocycles. The maximum absolute atomic E-state index is 12.7. The lowest BCUT2D eigenvalue weighted by Gasteiger charge is -2.18. The van der Waals surface area contributed by atoms with Gasteiger partial charge in [0.25, 0.3) is 0 Å². The summed E-state index contributed by atoms with van der Waals surface area (Å²) in [6, 6.07) is 0. The van der Waals surface area contributed by atoms with Crippen LogP contribution < -0.4 is 0 Å². The Hall–Kier alpha value is -2.63. The molecule has 0 saturated heterocycles. The van der Waals surface area contributed by atoms with Crippen LogP contribution in [0.2, 0.25) is 0 Å². The molecule has 0 rings (SSSR count). The van der Waals surface area contributed by atoms with Gasteiger partial charge in [-0.2, -0.15) is 0 Å². The van der Waals surface area contributed by atoms with E-state index in [2.05, 4.69) is 57.2 Å². The van der Waals surface area contributed by atoms with Gasteiger partial charge in [-0.25, -0.2) is 0 Å². The average molecular weight is 897 g/mol. The fraction of sp³-hybridized carbons (Fsp3) is 0.810. The highest BCUT2D eigenvalue weighted by Crippen LogP contribution is 2.17. The second-order valence-electron chi connectivity index (χ2n) is 18.5. The summed E-state index contributed by atoms with van der Waals surface area (Å²) in [4.78, 5) is 37.7. The number of unbranched alkanes of at least 4 members (excludes halogenated alkanes) is 31. The van der Waals surface area contributed by atoms with E-state index in [1.165, 1.54) is 173 Å². The summed E-state index contributed by atoms with van der Waals surface area (Å²) in [5, 5.41) is 0. The van der Waals surface area contributed by atoms with E-state index in [1.807, 2.05) is 12.2 Å². The Morgan fingerprint density at radius 1 is 0.328 bits per heavy atom. The van der Waals surface area contributed by atoms with Crippen LogP contribution in [0.5, 0.6) is 0 Å². The second-order valence-corrected chi connectivity index (χ2v) is 18.5. The molecule has 0 fully saturated rings. The number of hydrogen-bond donors (Lipinski definition) is 0. The van der Waals surface area contributed by atoms with E-state index >= 15 is 0 Å². The van der Waals surface area contributed by atoms with Crippen LogP contribution in [0.4, 0.5) is 0 Å². The average Bonchev–Trinajstić information content (AvgIpc) is 3.29. The highest BCUT2D eigenvalue weighted by Gasteiger charge is 2.19. The summed E-state index contributed by atoms with van der Waals surface area (Å²) in [6.45, 7) is 6.42. The molecule has 0 radical (unpaired) electrons. The van der Waals surface area contributed by atoms with E-state index in [0.717, 1.165) is 64.2 Å². The molecule has 0 heterocycles. The molecule has 0 aromatic heterocycles. The Bertz CT molecular complexity index is 1120. The van der Waals surface area contributed by atoms with E-state index < -0.39 is 6.10 Å². The second kappa shape index (κ2) is 53.0. The largest absolute Gasteiger partial charge is 0.462 e. The third-order valence-electron chi connectivity index (χ3n) is 12.1. The van der Waals surface area contributed by atoms with Crippen molar-refractivity contribution < 1.29 is 28.6 Å². The fourth-order valence-corrected chi connectivity index (χ4v) is 7.99. The molecule has 6 heteroatoms. The predicted molar refractivity (Wildman–Crippen MR) is 275 cm³/mol. The smallest absolute Gasteiger partial charge is 0.306 e. The normalized spacial score (nSPS) is 12.4. The van der Waals surface area contributed by atoms with Crippen LogP contribution in [-0.4, -0.2) is 37.2 Å². The van der Waals surface area contributed by atoms with Crippen LogP contribution in [0.1, 0.15) is 284 Å². The van der Waals surface area contributed by atoms with Crippen molar-refractivity contribution in [1.29, 1.82) is 0 Å². The molecule has 0 aromatic carbocycles. The summed E-state index contributed by atoms with van der Waals surface area (Å²) in [5.74, 6) is -0.983. The van der Waals surface area contributed by atoms with Gasteiger partial charge in [-0.05, 0) is 44.9 Å². The van der Waals surface area contributed by atoms with Gasteiger partial charge in [0.1, 0.15) is 13.2 Å². The number of hydrogen-bond acceptors (Lipinski definition) is 6. The summed E-state index contributed by atoms with van der Waals surface area (Å²) in [7, 11) is 0. The van der Waals surface area contributed by atoms with Crippen molar-refractivity contribution >= 4 is 17.9 Å². The van der Waals surface area contributed by atoms with Crippen molar-refractivity contribution in [3.8, 4) is 0 Å². The number of ether oxygens (including phenoxy) is 3. The zero-order chi connectivity index (χ0) is 46.5. The molecule has 64 heavy (non-hydrogen) atoms. The van der Waals surface area contributed by atoms with Gasteiger partial charge < -0.3 is 14.2 Å². The van der Waals surface area contributed by atoms with Gasteiger partial charge >= 0.3 is 17.9 Å². The van der Waals surface area contributed by atoms with Crippen molar-refractivity contribution in [3.63, 3.8) is 0 Å². The van der Waals surface area contributed by atoms with Crippen LogP contribution in [0, 0.1) is 0 Å². The Morgan fingerprint density at radius 3 is 0.922 bits per heavy atom. The topological polar surface area (TPSA) is 78.9 Å². The van der Waals surface area contributed by atoms with E-state index in [-0.39, 0.29) is 37.5 Å². The summed E-state index contributed by atoms with van der Waals surface area (Å²) < 4.78 is 16.6. The van der Waals surface area contributed by atoms with Gasteiger partial charge in [-0.1, -0.05) is 268 Å². The number of carbonyl (C=O) groups excluding carboxylic acids is 3. The van der Waals surface area contributed by atoms with Crippen LogP contribution in [0.3, 0.4) is 0 Å². The first-order chi connectivity index (χ1) is 31.5. The highest BCUT2D eigenvalue weighted by molar-refractivity contribution is 5.71. The summed E-state index contributed by atoms with van der Waals surface area (Å²) >= 11 is 0. The first-order valence-electron chi connectivity index (χ1n) is 27.6. The molecule has 1 atom stereocenters. The lowest BCUT2D eigenvalue weighted by Crippen LogP contribution is -2.30. The first-order valence-corrected chi connectivity index (χ1v) is 27.6. The van der Waals surface area contributed by atoms with Crippen molar-refractivity contribution in [3.05, 3.63) is 48.6 Å². The van der Waals surface area contributed by atoms with Crippen molar-refractivity contribution in [2.24, 2.45) is 0 Å². The Labute approximate surface area is 397 Å². The molecule has 0 aromatic rings. The van der Waals surface area contributed by atoms with Gasteiger partial charge in [-0.15, -0.1) is 0 Å². The molecule has 0 bridgehead atoms. The molecule has 1 unspecified atom stereocenters. The number of rotatable bonds is 50. The SMILES string of the molecule is CC/C=C\C/C=C\C/C=C\C/C=C\CCC(=O)OC(COC(=O)CCCCCCCC)COC(=O)CCCCCCCCCCCCCCCCCCCCCCCCCCCCC. The molecule has 372 valence electrons. The number of carbonyl (C=O) groups is 3. The monoisotopic (exact) mass is 897 g/mol. The summed E-state index contributed by atoms with van der Waals surface area (Å²) in [6.07, 6.45) is 64.6. The number of allylic oxidation sites excluding steroid dienone is 8. The van der Waals surface area contributed by atoms with Crippen molar-refractivity contribution in [1.82, 2.24) is 0 Å². The zero-order valence-corrected chi connectivity index (χ0v) is 42.6. The van der Waals surface area contributed by atoms with Crippen LogP contribution in [-0.2, 0) is 28.6 Å². The Morgan fingerprint density at radius 2 is 0.609 bits per heavy atom. The minimum Gasteiger partial charge on any atom is -0.462 e. The van der Waals surface area contributed by atoms with Crippen molar-refractivity contribution in [2.75, 3.05) is 13.2 Å².